The van der Waals surface area contributed by atoms with Gasteiger partial charge in [-0.2, -0.15) is 0 Å². The van der Waals surface area contributed by atoms with Crippen molar-refractivity contribution in [3.63, 3.8) is 0 Å². The Labute approximate surface area is 203 Å². The summed E-state index contributed by atoms with van der Waals surface area (Å²) in [6.07, 6.45) is 1.80. The lowest BCUT2D eigenvalue weighted by atomic mass is 9.90. The maximum Gasteiger partial charge on any atom is 0.135 e. The standard InChI is InChI=1S/C32H20N2O/c1-2-16-30-24(10-1)26-12-6-11-25-23(17-18-31(35-30)32(25)26)21-8-5-9-22(20-21)27-14-7-15-29(34-27)28-13-3-4-19-33-28/h1-20H. The van der Waals surface area contributed by atoms with Crippen molar-refractivity contribution in [2.45, 2.75) is 0 Å². The zero-order valence-corrected chi connectivity index (χ0v) is 18.8. The number of nitrogens with zero attached hydrogens (tertiary/aromatic N) is 2. The molecule has 3 nitrogen and oxygen atoms in total. The van der Waals surface area contributed by atoms with E-state index >= 15 is 0 Å². The predicted octanol–water partition coefficient (Wildman–Crippen LogP) is 8.40. The van der Waals surface area contributed by atoms with Crippen molar-refractivity contribution in [3.8, 4) is 56.4 Å². The van der Waals surface area contributed by atoms with Gasteiger partial charge < -0.3 is 4.74 Å². The summed E-state index contributed by atoms with van der Waals surface area (Å²) >= 11 is 0. The van der Waals surface area contributed by atoms with Gasteiger partial charge in [0.05, 0.1) is 17.1 Å². The molecular formula is C32H20N2O. The minimum absolute atomic E-state index is 0.867. The molecule has 2 aromatic heterocycles. The zero-order valence-electron chi connectivity index (χ0n) is 18.8. The second-order valence-corrected chi connectivity index (χ2v) is 8.64. The van der Waals surface area contributed by atoms with Crippen LogP contribution in [0.4, 0.5) is 0 Å². The van der Waals surface area contributed by atoms with Crippen molar-refractivity contribution in [2.75, 3.05) is 0 Å². The number of fused-ring (bicyclic) bond motifs is 2. The highest BCUT2D eigenvalue weighted by molar-refractivity contribution is 6.10. The summed E-state index contributed by atoms with van der Waals surface area (Å²) in [5, 5.41) is 2.34. The van der Waals surface area contributed by atoms with Gasteiger partial charge in [0.25, 0.3) is 0 Å². The van der Waals surface area contributed by atoms with E-state index in [2.05, 4.69) is 71.7 Å². The number of aromatic nitrogens is 2. The van der Waals surface area contributed by atoms with E-state index in [4.69, 9.17) is 9.72 Å². The molecule has 6 aromatic rings. The topological polar surface area (TPSA) is 35.0 Å². The van der Waals surface area contributed by atoms with Crippen LogP contribution >= 0.6 is 0 Å². The van der Waals surface area contributed by atoms with Crippen LogP contribution in [0.5, 0.6) is 11.5 Å². The Morgan fingerprint density at radius 3 is 2.20 bits per heavy atom. The number of benzene rings is 4. The van der Waals surface area contributed by atoms with Gasteiger partial charge in [0, 0.05) is 22.7 Å². The molecule has 0 atom stereocenters. The summed E-state index contributed by atoms with van der Waals surface area (Å²) in [4.78, 5) is 9.36. The Morgan fingerprint density at radius 1 is 0.486 bits per heavy atom. The van der Waals surface area contributed by atoms with Crippen LogP contribution in [0.3, 0.4) is 0 Å². The molecule has 164 valence electrons. The molecule has 7 rings (SSSR count). The van der Waals surface area contributed by atoms with E-state index < -0.39 is 0 Å². The van der Waals surface area contributed by atoms with E-state index in [1.165, 1.54) is 16.5 Å². The average Bonchev–Trinajstić information content (AvgIpc) is 2.94. The van der Waals surface area contributed by atoms with Crippen LogP contribution in [-0.4, -0.2) is 9.97 Å². The third-order valence-electron chi connectivity index (χ3n) is 6.55. The van der Waals surface area contributed by atoms with E-state index in [0.29, 0.717) is 0 Å². The van der Waals surface area contributed by atoms with Gasteiger partial charge in [-0.25, -0.2) is 4.98 Å². The highest BCUT2D eigenvalue weighted by Gasteiger charge is 2.21. The molecule has 0 saturated carbocycles. The Balaban J connectivity index is 1.36. The second-order valence-electron chi connectivity index (χ2n) is 8.64. The summed E-state index contributed by atoms with van der Waals surface area (Å²) in [5.41, 5.74) is 8.40. The number of hydrogen-bond acceptors (Lipinski definition) is 3. The maximum absolute atomic E-state index is 6.27. The third kappa shape index (κ3) is 3.29. The van der Waals surface area contributed by atoms with Crippen LogP contribution in [0.15, 0.2) is 121 Å². The van der Waals surface area contributed by atoms with Gasteiger partial charge in [0.1, 0.15) is 11.5 Å². The Kier molecular flexibility index (Phi) is 4.46. The number of rotatable bonds is 3. The lowest BCUT2D eigenvalue weighted by molar-refractivity contribution is 0.487. The van der Waals surface area contributed by atoms with Crippen LogP contribution in [0.25, 0.3) is 55.7 Å². The number of pyridine rings is 2. The summed E-state index contributed by atoms with van der Waals surface area (Å²) in [6, 6.07) is 39.5. The van der Waals surface area contributed by atoms with Crippen LogP contribution in [0.1, 0.15) is 0 Å². The first-order valence-electron chi connectivity index (χ1n) is 11.7. The molecule has 4 aromatic carbocycles. The van der Waals surface area contributed by atoms with E-state index in [1.807, 2.05) is 48.5 Å². The molecule has 0 bridgehead atoms. The first kappa shape index (κ1) is 19.7. The Morgan fingerprint density at radius 2 is 1.26 bits per heavy atom. The predicted molar refractivity (Wildman–Crippen MR) is 141 cm³/mol. The summed E-state index contributed by atoms with van der Waals surface area (Å²) in [7, 11) is 0. The molecule has 0 fully saturated rings. The van der Waals surface area contributed by atoms with E-state index in [-0.39, 0.29) is 0 Å². The SMILES string of the molecule is c1ccc(-c2cccc(-c3cccc(-c4ccc5c6c(cccc46)-c4ccccc4O5)c3)n2)nc1. The van der Waals surface area contributed by atoms with Gasteiger partial charge in [0.2, 0.25) is 0 Å². The summed E-state index contributed by atoms with van der Waals surface area (Å²) in [6.45, 7) is 0. The first-order chi connectivity index (χ1) is 17.3. The van der Waals surface area contributed by atoms with Crippen LogP contribution in [-0.2, 0) is 0 Å². The van der Waals surface area contributed by atoms with E-state index in [0.717, 1.165) is 50.7 Å². The normalized spacial score (nSPS) is 11.7. The Hall–Kier alpha value is -4.76. The molecule has 0 amide bonds. The van der Waals surface area contributed by atoms with Crippen LogP contribution < -0.4 is 4.74 Å². The number of hydrogen-bond donors (Lipinski definition) is 0. The largest absolute Gasteiger partial charge is 0.456 e. The van der Waals surface area contributed by atoms with Crippen molar-refractivity contribution >= 4 is 10.8 Å². The molecule has 3 heterocycles. The monoisotopic (exact) mass is 448 g/mol. The van der Waals surface area contributed by atoms with Gasteiger partial charge in [-0.1, -0.05) is 72.8 Å². The van der Waals surface area contributed by atoms with Gasteiger partial charge >= 0.3 is 0 Å². The highest BCUT2D eigenvalue weighted by Crippen LogP contribution is 2.48. The van der Waals surface area contributed by atoms with Crippen molar-refractivity contribution in [1.29, 1.82) is 0 Å². The Bertz CT molecular complexity index is 1720. The van der Waals surface area contributed by atoms with Gasteiger partial charge in [-0.05, 0) is 64.5 Å². The molecule has 0 saturated heterocycles. The zero-order chi connectivity index (χ0) is 23.2. The molecular weight excluding hydrogens is 428 g/mol. The minimum Gasteiger partial charge on any atom is -0.456 e. The van der Waals surface area contributed by atoms with E-state index in [9.17, 15) is 0 Å². The molecule has 35 heavy (non-hydrogen) atoms. The highest BCUT2D eigenvalue weighted by atomic mass is 16.5. The van der Waals surface area contributed by atoms with E-state index in [1.54, 1.807) is 6.20 Å². The van der Waals surface area contributed by atoms with Crippen LogP contribution in [0, 0.1) is 0 Å². The lowest BCUT2D eigenvalue weighted by Gasteiger charge is -2.22. The fourth-order valence-electron chi connectivity index (χ4n) is 4.93. The summed E-state index contributed by atoms with van der Waals surface area (Å²) < 4.78 is 6.27. The molecule has 1 aliphatic heterocycles. The maximum atomic E-state index is 6.27. The molecule has 0 radical (unpaired) electrons. The van der Waals surface area contributed by atoms with Crippen molar-refractivity contribution < 1.29 is 4.74 Å². The molecule has 0 spiro atoms. The quantitative estimate of drug-likeness (QED) is 0.272. The fourth-order valence-corrected chi connectivity index (χ4v) is 4.93. The second kappa shape index (κ2) is 7.93. The van der Waals surface area contributed by atoms with Gasteiger partial charge in [-0.3, -0.25) is 4.98 Å². The van der Waals surface area contributed by atoms with Gasteiger partial charge in [-0.15, -0.1) is 0 Å². The lowest BCUT2D eigenvalue weighted by Crippen LogP contribution is -1.97. The van der Waals surface area contributed by atoms with Crippen molar-refractivity contribution in [3.05, 3.63) is 121 Å². The molecule has 0 aliphatic carbocycles. The number of para-hydroxylation sites is 1. The van der Waals surface area contributed by atoms with Crippen molar-refractivity contribution in [1.82, 2.24) is 9.97 Å². The first-order valence-corrected chi connectivity index (χ1v) is 11.7. The third-order valence-corrected chi connectivity index (χ3v) is 6.55. The number of ether oxygens (including phenoxy) is 1. The summed E-state index contributed by atoms with van der Waals surface area (Å²) in [5.74, 6) is 1.81. The molecule has 0 unspecified atom stereocenters. The molecule has 3 heteroatoms. The van der Waals surface area contributed by atoms with Gasteiger partial charge in [0.15, 0.2) is 0 Å². The average molecular weight is 449 g/mol. The minimum atomic E-state index is 0.867. The smallest absolute Gasteiger partial charge is 0.135 e. The molecule has 0 N–H and O–H groups in total. The van der Waals surface area contributed by atoms with Crippen molar-refractivity contribution in [2.24, 2.45) is 0 Å². The van der Waals surface area contributed by atoms with Crippen LogP contribution in [0.2, 0.25) is 0 Å². The fraction of sp³-hybridized carbons (Fsp3) is 0. The molecule has 1 aliphatic rings.